The van der Waals surface area contributed by atoms with Crippen molar-refractivity contribution in [2.24, 2.45) is 23.2 Å². The molecule has 4 bridgehead atoms. The van der Waals surface area contributed by atoms with Crippen molar-refractivity contribution in [3.05, 3.63) is 12.2 Å². The molecule has 0 aromatic carbocycles. The van der Waals surface area contributed by atoms with E-state index >= 15 is 0 Å². The third-order valence-electron chi connectivity index (χ3n) is 6.57. The van der Waals surface area contributed by atoms with Gasteiger partial charge in [-0.15, -0.1) is 0 Å². The average Bonchev–Trinajstić information content (AvgIpc) is 2.47. The van der Waals surface area contributed by atoms with E-state index in [4.69, 9.17) is 5.11 Å². The Bertz CT molecular complexity index is 388. The maximum Gasteiger partial charge on any atom is 0.303 e. The second kappa shape index (κ2) is 7.85. The van der Waals surface area contributed by atoms with Gasteiger partial charge in [0.15, 0.2) is 0 Å². The summed E-state index contributed by atoms with van der Waals surface area (Å²) < 4.78 is 0. The molecular weight excluding hydrogens is 284 g/mol. The van der Waals surface area contributed by atoms with Crippen LogP contribution in [0.4, 0.5) is 0 Å². The van der Waals surface area contributed by atoms with Gasteiger partial charge in [0.25, 0.3) is 0 Å². The standard InChI is InChI=1S/C21H34O2/c22-20(23)9-7-5-3-1-2-4-6-8-10-21-14-17-11-18(15-21)13-19(12-17)16-21/h8,10,17-19H,1-7,9,11-16H2,(H,22,23)/b10-8+. The lowest BCUT2D eigenvalue weighted by atomic mass is 9.49. The molecule has 2 heteroatoms. The van der Waals surface area contributed by atoms with Gasteiger partial charge in [-0.3, -0.25) is 4.79 Å². The molecule has 0 heterocycles. The van der Waals surface area contributed by atoms with E-state index in [1.54, 1.807) is 0 Å². The Hall–Kier alpha value is -0.790. The smallest absolute Gasteiger partial charge is 0.303 e. The molecule has 0 spiro atoms. The molecule has 4 aliphatic rings. The van der Waals surface area contributed by atoms with Crippen molar-refractivity contribution in [3.8, 4) is 0 Å². The van der Waals surface area contributed by atoms with Gasteiger partial charge in [-0.05, 0) is 81.0 Å². The van der Waals surface area contributed by atoms with Gasteiger partial charge in [-0.2, -0.15) is 0 Å². The Morgan fingerprint density at radius 1 is 0.870 bits per heavy atom. The maximum atomic E-state index is 10.4. The number of carboxylic acids is 1. The summed E-state index contributed by atoms with van der Waals surface area (Å²) in [6.45, 7) is 0. The molecule has 130 valence electrons. The molecule has 0 unspecified atom stereocenters. The first-order valence-electron chi connectivity index (χ1n) is 10.0. The predicted molar refractivity (Wildman–Crippen MR) is 94.3 cm³/mol. The van der Waals surface area contributed by atoms with E-state index in [-0.39, 0.29) is 0 Å². The highest BCUT2D eigenvalue weighted by molar-refractivity contribution is 5.66. The van der Waals surface area contributed by atoms with Crippen LogP contribution in [-0.4, -0.2) is 11.1 Å². The first-order valence-corrected chi connectivity index (χ1v) is 10.0. The fraction of sp³-hybridized carbons (Fsp3) is 0.857. The van der Waals surface area contributed by atoms with Crippen LogP contribution in [0.3, 0.4) is 0 Å². The first-order chi connectivity index (χ1) is 11.2. The third-order valence-corrected chi connectivity index (χ3v) is 6.57. The number of unbranched alkanes of at least 4 members (excludes halogenated alkanes) is 6. The summed E-state index contributed by atoms with van der Waals surface area (Å²) >= 11 is 0. The minimum absolute atomic E-state index is 0.341. The van der Waals surface area contributed by atoms with Crippen LogP contribution < -0.4 is 0 Å². The van der Waals surface area contributed by atoms with E-state index < -0.39 is 5.97 Å². The Morgan fingerprint density at radius 2 is 1.39 bits per heavy atom. The Labute approximate surface area is 141 Å². The zero-order valence-electron chi connectivity index (χ0n) is 14.6. The Morgan fingerprint density at radius 3 is 1.96 bits per heavy atom. The van der Waals surface area contributed by atoms with E-state index in [1.165, 1.54) is 70.6 Å². The van der Waals surface area contributed by atoms with Gasteiger partial charge in [-0.25, -0.2) is 0 Å². The molecule has 23 heavy (non-hydrogen) atoms. The summed E-state index contributed by atoms with van der Waals surface area (Å²) in [7, 11) is 0. The molecule has 4 fully saturated rings. The number of carboxylic acid groups (broad SMARTS) is 1. The highest BCUT2D eigenvalue weighted by Crippen LogP contribution is 2.60. The van der Waals surface area contributed by atoms with E-state index in [9.17, 15) is 4.79 Å². The average molecular weight is 319 g/mol. The molecule has 0 aliphatic heterocycles. The quantitative estimate of drug-likeness (QED) is 0.398. The van der Waals surface area contributed by atoms with Crippen molar-refractivity contribution in [3.63, 3.8) is 0 Å². The highest BCUT2D eigenvalue weighted by atomic mass is 16.4. The van der Waals surface area contributed by atoms with E-state index in [0.717, 1.165) is 30.6 Å². The predicted octanol–water partition coefficient (Wildman–Crippen LogP) is 5.96. The summed E-state index contributed by atoms with van der Waals surface area (Å²) in [6.07, 6.45) is 22.8. The van der Waals surface area contributed by atoms with E-state index in [0.29, 0.717) is 11.8 Å². The molecule has 0 aromatic heterocycles. The zero-order chi connectivity index (χ0) is 16.1. The van der Waals surface area contributed by atoms with Crippen LogP contribution in [0.5, 0.6) is 0 Å². The van der Waals surface area contributed by atoms with Gasteiger partial charge in [0.1, 0.15) is 0 Å². The van der Waals surface area contributed by atoms with Crippen molar-refractivity contribution in [2.45, 2.75) is 89.9 Å². The second-order valence-corrected chi connectivity index (χ2v) is 8.74. The summed E-state index contributed by atoms with van der Waals surface area (Å²) in [5.41, 5.74) is 0.603. The lowest BCUT2D eigenvalue weighted by Crippen LogP contribution is -2.44. The van der Waals surface area contributed by atoms with Crippen LogP contribution in [-0.2, 0) is 4.79 Å². The summed E-state index contributed by atoms with van der Waals surface area (Å²) in [5, 5.41) is 8.59. The molecule has 0 radical (unpaired) electrons. The fourth-order valence-corrected chi connectivity index (χ4v) is 5.96. The topological polar surface area (TPSA) is 37.3 Å². The van der Waals surface area contributed by atoms with E-state index in [2.05, 4.69) is 12.2 Å². The van der Waals surface area contributed by atoms with Crippen LogP contribution in [0, 0.1) is 23.2 Å². The Kier molecular flexibility index (Phi) is 5.82. The normalized spacial score (nSPS) is 35.2. The molecule has 0 aromatic rings. The molecule has 1 N–H and O–H groups in total. The molecule has 0 saturated heterocycles. The molecule has 2 nitrogen and oxygen atoms in total. The zero-order valence-corrected chi connectivity index (χ0v) is 14.6. The largest absolute Gasteiger partial charge is 0.481 e. The molecule has 4 saturated carbocycles. The first kappa shape index (κ1) is 17.0. The third kappa shape index (κ3) is 4.84. The number of aliphatic carboxylic acids is 1. The molecular formula is C21H34O2. The number of hydrogen-bond donors (Lipinski definition) is 1. The monoisotopic (exact) mass is 318 g/mol. The number of rotatable bonds is 10. The van der Waals surface area contributed by atoms with Crippen LogP contribution in [0.25, 0.3) is 0 Å². The molecule has 4 aliphatic carbocycles. The van der Waals surface area contributed by atoms with Gasteiger partial charge < -0.3 is 5.11 Å². The molecule has 0 atom stereocenters. The fourth-order valence-electron chi connectivity index (χ4n) is 5.96. The van der Waals surface area contributed by atoms with Crippen LogP contribution >= 0.6 is 0 Å². The lowest BCUT2D eigenvalue weighted by Gasteiger charge is -2.56. The van der Waals surface area contributed by atoms with Crippen molar-refractivity contribution in [2.75, 3.05) is 0 Å². The SMILES string of the molecule is O=C(O)CCCCCCCC/C=C/C12CC3CC(CC(C3)C1)C2. The van der Waals surface area contributed by atoms with Crippen LogP contribution in [0.1, 0.15) is 89.9 Å². The van der Waals surface area contributed by atoms with E-state index in [1.807, 2.05) is 0 Å². The van der Waals surface area contributed by atoms with Gasteiger partial charge in [0.05, 0.1) is 0 Å². The van der Waals surface area contributed by atoms with Crippen LogP contribution in [0.15, 0.2) is 12.2 Å². The van der Waals surface area contributed by atoms with Crippen molar-refractivity contribution >= 4 is 5.97 Å². The highest BCUT2D eigenvalue weighted by Gasteiger charge is 2.49. The Balaban J connectivity index is 1.26. The lowest BCUT2D eigenvalue weighted by molar-refractivity contribution is -0.137. The van der Waals surface area contributed by atoms with Crippen LogP contribution in [0.2, 0.25) is 0 Å². The minimum atomic E-state index is -0.653. The number of carbonyl (C=O) groups is 1. The second-order valence-electron chi connectivity index (χ2n) is 8.74. The van der Waals surface area contributed by atoms with Gasteiger partial charge >= 0.3 is 5.97 Å². The summed E-state index contributed by atoms with van der Waals surface area (Å²) in [5.74, 6) is 2.50. The summed E-state index contributed by atoms with van der Waals surface area (Å²) in [6, 6.07) is 0. The minimum Gasteiger partial charge on any atom is -0.481 e. The van der Waals surface area contributed by atoms with Gasteiger partial charge in [0.2, 0.25) is 0 Å². The number of hydrogen-bond acceptors (Lipinski definition) is 1. The van der Waals surface area contributed by atoms with Gasteiger partial charge in [0, 0.05) is 6.42 Å². The molecule has 0 amide bonds. The number of allylic oxidation sites excluding steroid dienone is 2. The molecule has 4 rings (SSSR count). The maximum absolute atomic E-state index is 10.4. The van der Waals surface area contributed by atoms with Crippen molar-refractivity contribution in [1.29, 1.82) is 0 Å². The summed E-state index contributed by atoms with van der Waals surface area (Å²) in [4.78, 5) is 10.4. The van der Waals surface area contributed by atoms with Crippen molar-refractivity contribution in [1.82, 2.24) is 0 Å². The van der Waals surface area contributed by atoms with Crippen molar-refractivity contribution < 1.29 is 9.90 Å². The van der Waals surface area contributed by atoms with Gasteiger partial charge in [-0.1, -0.05) is 37.8 Å².